The van der Waals surface area contributed by atoms with E-state index in [1.54, 1.807) is 38.8 Å². The van der Waals surface area contributed by atoms with Gasteiger partial charge in [-0.15, -0.1) is 5.10 Å². The summed E-state index contributed by atoms with van der Waals surface area (Å²) in [5, 5.41) is 4.37. The monoisotopic (exact) mass is 465 g/mol. The van der Waals surface area contributed by atoms with Gasteiger partial charge in [0.1, 0.15) is 5.75 Å². The lowest BCUT2D eigenvalue weighted by molar-refractivity contribution is 0.302. The number of aromatic nitrogens is 4. The van der Waals surface area contributed by atoms with Crippen LogP contribution in [0.2, 0.25) is 0 Å². The molecule has 0 unspecified atom stereocenters. The lowest BCUT2D eigenvalue weighted by Crippen LogP contribution is -2.08. The summed E-state index contributed by atoms with van der Waals surface area (Å²) in [4.78, 5) is 13.4. The zero-order chi connectivity index (χ0) is 23.9. The molecule has 0 aliphatic heterocycles. The highest BCUT2D eigenvalue weighted by atomic mass is 16.5. The third-order valence-corrected chi connectivity index (χ3v) is 5.09. The Morgan fingerprint density at radius 1 is 1.12 bits per heavy atom. The molecule has 0 radical (unpaired) electrons. The molecule has 4 N–H and O–H groups in total. The number of methoxy groups -OCH3 is 2. The molecule has 3 heterocycles. The molecule has 0 spiro atoms. The molecule has 3 aromatic heterocycles. The Morgan fingerprint density at radius 2 is 1.97 bits per heavy atom. The molecule has 0 atom stereocenters. The van der Waals surface area contributed by atoms with Crippen molar-refractivity contribution in [3.05, 3.63) is 42.2 Å². The number of nitrogens with two attached hydrogens (primary N) is 2. The predicted octanol–water partition coefficient (Wildman–Crippen LogP) is 3.39. The van der Waals surface area contributed by atoms with E-state index in [1.807, 2.05) is 18.2 Å². The average Bonchev–Trinajstić information content (AvgIpc) is 3.54. The number of nitrogen functional groups attached to an aromatic ring is 1. The number of hydrogen-bond donors (Lipinski definition) is 2. The zero-order valence-corrected chi connectivity index (χ0v) is 19.1. The molecular formula is C23H27N7O4. The van der Waals surface area contributed by atoms with Crippen molar-refractivity contribution in [3.8, 4) is 28.8 Å². The smallest absolute Gasteiger partial charge is 0.225 e. The quantitative estimate of drug-likeness (QED) is 0.251. The fourth-order valence-corrected chi connectivity index (χ4v) is 3.38. The van der Waals surface area contributed by atoms with Gasteiger partial charge in [-0.25, -0.2) is 9.98 Å². The zero-order valence-electron chi connectivity index (χ0n) is 19.1. The van der Waals surface area contributed by atoms with Gasteiger partial charge in [0.25, 0.3) is 0 Å². The van der Waals surface area contributed by atoms with Crippen LogP contribution >= 0.6 is 0 Å². The molecule has 11 heteroatoms. The van der Waals surface area contributed by atoms with Crippen molar-refractivity contribution in [1.82, 2.24) is 19.6 Å². The lowest BCUT2D eigenvalue weighted by Gasteiger charge is -2.10. The van der Waals surface area contributed by atoms with E-state index in [0.29, 0.717) is 46.7 Å². The maximum absolute atomic E-state index is 6.08. The van der Waals surface area contributed by atoms with Crippen molar-refractivity contribution >= 4 is 23.6 Å². The summed E-state index contributed by atoms with van der Waals surface area (Å²) in [6.07, 6.45) is 5.85. The van der Waals surface area contributed by atoms with Gasteiger partial charge in [-0.1, -0.05) is 0 Å². The van der Waals surface area contributed by atoms with E-state index in [4.69, 9.17) is 30.1 Å². The van der Waals surface area contributed by atoms with E-state index >= 15 is 0 Å². The predicted molar refractivity (Wildman–Crippen MR) is 128 cm³/mol. The largest absolute Gasteiger partial charge is 0.493 e. The van der Waals surface area contributed by atoms with Crippen molar-refractivity contribution in [3.63, 3.8) is 0 Å². The van der Waals surface area contributed by atoms with Crippen LogP contribution in [0.5, 0.6) is 17.2 Å². The SMILES string of the molecule is COc1ccc(OCCCCC=Nc2nc(N)n3nc(-c4ccco4)nc3c2CN)cc1OC. The Hall–Kier alpha value is -4.12. The minimum atomic E-state index is 0.174. The molecule has 1 aromatic carbocycles. The van der Waals surface area contributed by atoms with Gasteiger partial charge in [0.15, 0.2) is 28.7 Å². The van der Waals surface area contributed by atoms with Gasteiger partial charge < -0.3 is 30.1 Å². The number of benzene rings is 1. The highest BCUT2D eigenvalue weighted by molar-refractivity contribution is 5.69. The first-order valence-electron chi connectivity index (χ1n) is 10.8. The van der Waals surface area contributed by atoms with Crippen LogP contribution in [0.4, 0.5) is 11.8 Å². The minimum Gasteiger partial charge on any atom is -0.493 e. The second-order valence-corrected chi connectivity index (χ2v) is 7.30. The van der Waals surface area contributed by atoms with Gasteiger partial charge in [0, 0.05) is 18.8 Å². The van der Waals surface area contributed by atoms with Gasteiger partial charge in [-0.05, 0) is 43.5 Å². The van der Waals surface area contributed by atoms with Crippen LogP contribution in [0, 0.1) is 0 Å². The van der Waals surface area contributed by atoms with Crippen LogP contribution in [-0.4, -0.2) is 46.6 Å². The van der Waals surface area contributed by atoms with E-state index in [2.05, 4.69) is 20.1 Å². The summed E-state index contributed by atoms with van der Waals surface area (Å²) in [6.45, 7) is 0.767. The molecule has 11 nitrogen and oxygen atoms in total. The molecule has 0 bridgehead atoms. The molecule has 0 saturated heterocycles. The second kappa shape index (κ2) is 10.7. The molecule has 0 fully saturated rings. The number of anilines is 1. The summed E-state index contributed by atoms with van der Waals surface area (Å²) < 4.78 is 23.1. The number of furan rings is 1. The topological polar surface area (TPSA) is 148 Å². The molecule has 34 heavy (non-hydrogen) atoms. The summed E-state index contributed by atoms with van der Waals surface area (Å²) >= 11 is 0. The van der Waals surface area contributed by atoms with E-state index < -0.39 is 0 Å². The average molecular weight is 466 g/mol. The van der Waals surface area contributed by atoms with Crippen molar-refractivity contribution < 1.29 is 18.6 Å². The molecule has 4 rings (SSSR count). The molecular weight excluding hydrogens is 438 g/mol. The van der Waals surface area contributed by atoms with E-state index in [0.717, 1.165) is 25.0 Å². The number of fused-ring (bicyclic) bond motifs is 1. The van der Waals surface area contributed by atoms with Crippen LogP contribution < -0.4 is 25.7 Å². The summed E-state index contributed by atoms with van der Waals surface area (Å²) in [7, 11) is 3.20. The molecule has 0 amide bonds. The highest BCUT2D eigenvalue weighted by Crippen LogP contribution is 2.31. The minimum absolute atomic E-state index is 0.174. The van der Waals surface area contributed by atoms with Crippen molar-refractivity contribution in [2.75, 3.05) is 26.6 Å². The van der Waals surface area contributed by atoms with Crippen LogP contribution in [0.1, 0.15) is 24.8 Å². The Morgan fingerprint density at radius 3 is 2.71 bits per heavy atom. The highest BCUT2D eigenvalue weighted by Gasteiger charge is 2.17. The molecule has 0 aliphatic carbocycles. The van der Waals surface area contributed by atoms with Gasteiger partial charge >= 0.3 is 0 Å². The van der Waals surface area contributed by atoms with Crippen LogP contribution in [0.3, 0.4) is 0 Å². The van der Waals surface area contributed by atoms with Crippen molar-refractivity contribution in [2.45, 2.75) is 25.8 Å². The Balaban J connectivity index is 1.34. The summed E-state index contributed by atoms with van der Waals surface area (Å²) in [5.41, 5.74) is 13.2. The number of nitrogens with zero attached hydrogens (tertiary/aromatic N) is 5. The standard InChI is InChI=1S/C23H27N7O4/c1-31-17-9-8-15(13-19(17)32-2)33-11-5-3-4-10-26-20-16(14-24)22-27-21(18-7-6-12-34-18)29-30(22)23(25)28-20/h6-10,12-13H,3-5,11,14,24H2,1-2H3,(H2,25,28). The number of rotatable bonds is 11. The first-order chi connectivity index (χ1) is 16.6. The van der Waals surface area contributed by atoms with Gasteiger partial charge in [0.2, 0.25) is 11.8 Å². The lowest BCUT2D eigenvalue weighted by atomic mass is 10.2. The van der Waals surface area contributed by atoms with Crippen LogP contribution in [-0.2, 0) is 6.54 Å². The number of hydrogen-bond acceptors (Lipinski definition) is 10. The molecule has 178 valence electrons. The fraction of sp³-hybridized carbons (Fsp3) is 0.304. The molecule has 4 aromatic rings. The van der Waals surface area contributed by atoms with Crippen molar-refractivity contribution in [2.24, 2.45) is 10.7 Å². The molecule has 0 saturated carbocycles. The fourth-order valence-electron chi connectivity index (χ4n) is 3.38. The number of unbranched alkanes of at least 4 members (excludes halogenated alkanes) is 2. The van der Waals surface area contributed by atoms with Crippen molar-refractivity contribution in [1.29, 1.82) is 0 Å². The van der Waals surface area contributed by atoms with E-state index in [9.17, 15) is 0 Å². The maximum Gasteiger partial charge on any atom is 0.225 e. The van der Waals surface area contributed by atoms with Gasteiger partial charge in [0.05, 0.1) is 32.7 Å². The maximum atomic E-state index is 6.08. The Kier molecular flexibility index (Phi) is 7.23. The third-order valence-electron chi connectivity index (χ3n) is 5.09. The number of ether oxygens (including phenoxy) is 3. The normalized spacial score (nSPS) is 11.4. The van der Waals surface area contributed by atoms with Gasteiger partial charge in [-0.3, -0.25) is 0 Å². The van der Waals surface area contributed by atoms with Crippen LogP contribution in [0.15, 0.2) is 46.0 Å². The summed E-state index contributed by atoms with van der Waals surface area (Å²) in [5.74, 6) is 3.58. The Bertz CT molecular complexity index is 1270. The number of aliphatic imine (C=N–C) groups is 1. The Labute approximate surface area is 196 Å². The third kappa shape index (κ3) is 4.94. The summed E-state index contributed by atoms with van der Waals surface area (Å²) in [6, 6.07) is 9.02. The van der Waals surface area contributed by atoms with Crippen LogP contribution in [0.25, 0.3) is 17.2 Å². The second-order valence-electron chi connectivity index (χ2n) is 7.30. The van der Waals surface area contributed by atoms with E-state index in [1.165, 1.54) is 4.52 Å². The first-order valence-corrected chi connectivity index (χ1v) is 10.8. The van der Waals surface area contributed by atoms with Gasteiger partial charge in [-0.2, -0.15) is 9.50 Å². The molecule has 0 aliphatic rings. The first kappa shape index (κ1) is 23.1. The van der Waals surface area contributed by atoms with E-state index in [-0.39, 0.29) is 12.5 Å².